The molecule has 1 atom stereocenters. The van der Waals surface area contributed by atoms with Gasteiger partial charge < -0.3 is 5.11 Å². The molecule has 1 saturated heterocycles. The van der Waals surface area contributed by atoms with Crippen molar-refractivity contribution in [2.24, 2.45) is 0 Å². The number of fused-ring (bicyclic) bond motifs is 1. The lowest BCUT2D eigenvalue weighted by Crippen LogP contribution is -2.56. The number of nitrogens with zero attached hydrogens (tertiary/aromatic N) is 3. The van der Waals surface area contributed by atoms with Crippen LogP contribution < -0.4 is 0 Å². The molecule has 0 saturated carbocycles. The van der Waals surface area contributed by atoms with Gasteiger partial charge in [-0.2, -0.15) is 4.48 Å². The fourth-order valence-corrected chi connectivity index (χ4v) is 3.86. The highest BCUT2D eigenvalue weighted by Gasteiger charge is 2.61. The Bertz CT molecular complexity index is 927. The number of aromatic nitrogens is 1. The molecule has 25 heavy (non-hydrogen) atoms. The number of carboxylic acid groups (broad SMARTS) is 1. The monoisotopic (exact) mass is 382 g/mol. The third kappa shape index (κ3) is 2.80. The minimum Gasteiger partial charge on any atom is -0.477 e. The molecule has 8 nitrogen and oxygen atoms in total. The van der Waals surface area contributed by atoms with Crippen molar-refractivity contribution in [3.8, 4) is 0 Å². The zero-order chi connectivity index (χ0) is 18.4. The largest absolute Gasteiger partial charge is 0.477 e. The Kier molecular flexibility index (Phi) is 4.31. The highest BCUT2D eigenvalue weighted by molar-refractivity contribution is 7.18. The number of thiazole rings is 1. The molecule has 1 aromatic heterocycles. The number of likely N-dealkylation sites (N-methyl/N-ethyl adjacent to an activating group) is 1. The minimum atomic E-state index is -1.33. The number of carbonyl (C=O) groups excluding carboxylic acids is 3. The molecule has 10 heteroatoms. The number of rotatable bonds is 5. The lowest BCUT2D eigenvalue weighted by atomic mass is 10.3. The summed E-state index contributed by atoms with van der Waals surface area (Å²) in [4.78, 5) is 53.3. The van der Waals surface area contributed by atoms with E-state index in [1.54, 1.807) is 18.2 Å². The smallest absolute Gasteiger partial charge is 0.435 e. The van der Waals surface area contributed by atoms with Crippen LogP contribution in [0, 0.1) is 0 Å². The molecular weight excluding hydrogens is 370 g/mol. The number of urea groups is 1. The second kappa shape index (κ2) is 6.17. The number of hydrogen-bond acceptors (Lipinski definition) is 6. The average molecular weight is 383 g/mol. The van der Waals surface area contributed by atoms with Crippen LogP contribution in [0.3, 0.4) is 0 Å². The first-order valence-corrected chi connectivity index (χ1v) is 8.52. The number of carbonyl (C=O) groups is 4. The maximum absolute atomic E-state index is 12.6. The number of carboxylic acids is 1. The van der Waals surface area contributed by atoms with Crippen molar-refractivity contribution in [3.63, 3.8) is 0 Å². The predicted octanol–water partition coefficient (Wildman–Crippen LogP) is 1.86. The molecule has 0 radical (unpaired) electrons. The van der Waals surface area contributed by atoms with Crippen molar-refractivity contribution in [2.45, 2.75) is 13.5 Å². The summed E-state index contributed by atoms with van der Waals surface area (Å²) < 4.78 is -0.211. The average Bonchev–Trinajstić information content (AvgIpc) is 3.03. The lowest BCUT2D eigenvalue weighted by Gasteiger charge is -2.23. The Labute approximate surface area is 150 Å². The van der Waals surface area contributed by atoms with Gasteiger partial charge in [0.25, 0.3) is 0 Å². The number of halogens is 1. The second-order valence-electron chi connectivity index (χ2n) is 5.53. The zero-order valence-corrected chi connectivity index (χ0v) is 14.6. The van der Waals surface area contributed by atoms with Crippen LogP contribution in [-0.4, -0.2) is 56.4 Å². The molecule has 0 spiro atoms. The standard InChI is InChI=1S/C15H12ClN3O5S/c1-2-19(7-12(20)21)14(23)13(22)18(15(19)24)6-11-17-9-5-8(16)3-4-10(9)25-11/h3-5H,2,6-7H2,1H3/p+1. The van der Waals surface area contributed by atoms with Crippen molar-refractivity contribution in [1.82, 2.24) is 9.88 Å². The fraction of sp³-hybridized carbons (Fsp3) is 0.267. The number of quaternary nitrogens is 1. The molecule has 1 aliphatic rings. The molecule has 4 amide bonds. The summed E-state index contributed by atoms with van der Waals surface area (Å²) in [6.45, 7) is 0.447. The van der Waals surface area contributed by atoms with Gasteiger partial charge in [-0.1, -0.05) is 11.6 Å². The van der Waals surface area contributed by atoms with Crippen LogP contribution in [0.2, 0.25) is 5.02 Å². The second-order valence-corrected chi connectivity index (χ2v) is 7.09. The Hall–Kier alpha value is -2.36. The summed E-state index contributed by atoms with van der Waals surface area (Å²) in [6, 6.07) is 4.30. The fourth-order valence-electron chi connectivity index (χ4n) is 2.75. The molecule has 3 rings (SSSR count). The Morgan fingerprint density at radius 2 is 2.08 bits per heavy atom. The van der Waals surface area contributed by atoms with Crippen LogP contribution in [0.4, 0.5) is 4.79 Å². The van der Waals surface area contributed by atoms with Gasteiger partial charge >= 0.3 is 23.8 Å². The molecule has 1 aliphatic heterocycles. The third-order valence-corrected chi connectivity index (χ3v) is 5.30. The van der Waals surface area contributed by atoms with Crippen LogP contribution in [0.15, 0.2) is 18.2 Å². The molecule has 1 unspecified atom stereocenters. The van der Waals surface area contributed by atoms with E-state index in [9.17, 15) is 19.2 Å². The van der Waals surface area contributed by atoms with Crippen LogP contribution in [0.25, 0.3) is 10.2 Å². The number of amides is 4. The van der Waals surface area contributed by atoms with Crippen molar-refractivity contribution < 1.29 is 28.8 Å². The van der Waals surface area contributed by atoms with E-state index in [1.165, 1.54) is 18.3 Å². The van der Waals surface area contributed by atoms with Crippen LogP contribution in [0.1, 0.15) is 11.9 Å². The maximum Gasteiger partial charge on any atom is 0.435 e. The first-order chi connectivity index (χ1) is 11.8. The van der Waals surface area contributed by atoms with Gasteiger partial charge in [0.05, 0.1) is 23.3 Å². The molecule has 0 aliphatic carbocycles. The maximum atomic E-state index is 12.6. The molecule has 0 bridgehead atoms. The number of imide groups is 2. The number of benzene rings is 1. The van der Waals surface area contributed by atoms with E-state index in [0.717, 1.165) is 9.60 Å². The molecule has 1 N–H and O–H groups in total. The summed E-state index contributed by atoms with van der Waals surface area (Å²) in [5, 5.41) is 9.98. The van der Waals surface area contributed by atoms with Gasteiger partial charge in [-0.05, 0) is 25.1 Å². The molecule has 2 heterocycles. The van der Waals surface area contributed by atoms with Crippen molar-refractivity contribution in [1.29, 1.82) is 0 Å². The van der Waals surface area contributed by atoms with Crippen molar-refractivity contribution in [3.05, 3.63) is 28.2 Å². The van der Waals surface area contributed by atoms with Gasteiger partial charge in [0, 0.05) is 5.02 Å². The van der Waals surface area contributed by atoms with Gasteiger partial charge in [0.15, 0.2) is 6.54 Å². The van der Waals surface area contributed by atoms with Crippen LogP contribution >= 0.6 is 22.9 Å². The van der Waals surface area contributed by atoms with E-state index in [0.29, 0.717) is 15.5 Å². The molecule has 1 fully saturated rings. The molecule has 130 valence electrons. The van der Waals surface area contributed by atoms with Crippen molar-refractivity contribution in [2.75, 3.05) is 13.1 Å². The predicted molar refractivity (Wildman–Crippen MR) is 88.9 cm³/mol. The van der Waals surface area contributed by atoms with Gasteiger partial charge in [0.1, 0.15) is 5.01 Å². The Morgan fingerprint density at radius 1 is 1.36 bits per heavy atom. The summed E-state index contributed by atoms with van der Waals surface area (Å²) >= 11 is 7.18. The molecule has 1 aromatic carbocycles. The van der Waals surface area contributed by atoms with E-state index in [4.69, 9.17) is 16.7 Å². The third-order valence-electron chi connectivity index (χ3n) is 4.05. The Balaban J connectivity index is 1.93. The zero-order valence-electron chi connectivity index (χ0n) is 13.1. The lowest BCUT2D eigenvalue weighted by molar-refractivity contribution is -0.758. The van der Waals surface area contributed by atoms with E-state index >= 15 is 0 Å². The first kappa shape index (κ1) is 17.5. The van der Waals surface area contributed by atoms with Gasteiger partial charge in [-0.3, -0.25) is 4.79 Å². The Morgan fingerprint density at radius 3 is 2.72 bits per heavy atom. The van der Waals surface area contributed by atoms with E-state index < -0.39 is 34.8 Å². The van der Waals surface area contributed by atoms with Gasteiger partial charge in [-0.25, -0.2) is 24.3 Å². The normalized spacial score (nSPS) is 20.7. The van der Waals surface area contributed by atoms with E-state index in [2.05, 4.69) is 4.98 Å². The summed E-state index contributed by atoms with van der Waals surface area (Å²) in [5.74, 6) is -3.36. The SMILES string of the molecule is CC[N+]1(CC(=O)O)C(=O)C(=O)N(Cc2nc3cc(Cl)ccc3s2)C1=O. The topological polar surface area (TPSA) is 105 Å². The van der Waals surface area contributed by atoms with Gasteiger partial charge in [-0.15, -0.1) is 11.3 Å². The van der Waals surface area contributed by atoms with Crippen LogP contribution in [-0.2, 0) is 20.9 Å². The van der Waals surface area contributed by atoms with E-state index in [-0.39, 0.29) is 13.1 Å². The minimum absolute atomic E-state index is 0.109. The summed E-state index contributed by atoms with van der Waals surface area (Å²) in [5.41, 5.74) is 0.625. The van der Waals surface area contributed by atoms with Crippen molar-refractivity contribution >= 4 is 57.0 Å². The molecular formula is C15H13ClN3O5S+. The van der Waals surface area contributed by atoms with E-state index in [1.807, 2.05) is 0 Å². The molecule has 2 aromatic rings. The highest BCUT2D eigenvalue weighted by atomic mass is 35.5. The van der Waals surface area contributed by atoms with Gasteiger partial charge in [0.2, 0.25) is 0 Å². The van der Waals surface area contributed by atoms with Crippen LogP contribution in [0.5, 0.6) is 0 Å². The summed E-state index contributed by atoms with van der Waals surface area (Å²) in [7, 11) is 0. The number of aliphatic carboxylic acids is 1. The quantitative estimate of drug-likeness (QED) is 0.480. The number of hydrogen-bond donors (Lipinski definition) is 1. The summed E-state index contributed by atoms with van der Waals surface area (Å²) in [6.07, 6.45) is 0. The highest BCUT2D eigenvalue weighted by Crippen LogP contribution is 2.29. The first-order valence-electron chi connectivity index (χ1n) is 7.33.